The van der Waals surface area contributed by atoms with E-state index in [1.165, 1.54) is 0 Å². The molecule has 0 spiro atoms. The van der Waals surface area contributed by atoms with Gasteiger partial charge < -0.3 is 36.3 Å². The molecule has 0 saturated carbocycles. The highest BCUT2D eigenvalue weighted by Gasteiger charge is 2.43. The number of primary amides is 2. The third-order valence-corrected chi connectivity index (χ3v) is 6.24. The Labute approximate surface area is 191 Å². The van der Waals surface area contributed by atoms with E-state index >= 15 is 0 Å². The summed E-state index contributed by atoms with van der Waals surface area (Å²) in [5, 5.41) is 0. The fourth-order valence-electron chi connectivity index (χ4n) is 3.99. The Morgan fingerprint density at radius 1 is 0.667 bits per heavy atom. The average Bonchev–Trinajstić information content (AvgIpc) is 2.71. The maximum atomic E-state index is 12.0. The van der Waals surface area contributed by atoms with Crippen molar-refractivity contribution in [1.29, 1.82) is 0 Å². The molecule has 2 heterocycles. The summed E-state index contributed by atoms with van der Waals surface area (Å²) in [6, 6.07) is 7.90. The molecule has 2 aromatic rings. The normalized spacial score (nSPS) is 11.2. The van der Waals surface area contributed by atoms with Gasteiger partial charge in [0.1, 0.15) is 0 Å². The number of nitrogens with two attached hydrogens (primary N) is 2. The second-order valence-corrected chi connectivity index (χ2v) is 7.19. The third-order valence-electron chi connectivity index (χ3n) is 6.24. The Kier molecular flexibility index (Phi) is 10.5. The van der Waals surface area contributed by atoms with Crippen molar-refractivity contribution in [1.82, 2.24) is 0 Å². The van der Waals surface area contributed by atoms with E-state index in [0.29, 0.717) is 25.7 Å². The topological polar surface area (TPSA) is 93.9 Å². The summed E-state index contributed by atoms with van der Waals surface area (Å²) in [4.78, 5) is 24.1. The van der Waals surface area contributed by atoms with E-state index in [0.717, 1.165) is 11.1 Å². The van der Waals surface area contributed by atoms with Crippen molar-refractivity contribution >= 4 is 11.8 Å². The van der Waals surface area contributed by atoms with Crippen LogP contribution in [0.2, 0.25) is 0 Å². The first-order valence-corrected chi connectivity index (χ1v) is 9.95. The summed E-state index contributed by atoms with van der Waals surface area (Å²) < 4.78 is 3.79. The second kappa shape index (κ2) is 11.3. The van der Waals surface area contributed by atoms with Crippen molar-refractivity contribution < 1.29 is 43.5 Å². The molecular formula is C22H32Cl2N4O2. The summed E-state index contributed by atoms with van der Waals surface area (Å²) in [7, 11) is 0. The lowest BCUT2D eigenvalue weighted by molar-refractivity contribution is -0.750. The van der Waals surface area contributed by atoms with Gasteiger partial charge in [-0.3, -0.25) is 9.59 Å². The smallest absolute Gasteiger partial charge is 0.289 e. The summed E-state index contributed by atoms with van der Waals surface area (Å²) in [5.74, 6) is -0.643. The molecule has 166 valence electrons. The lowest BCUT2D eigenvalue weighted by atomic mass is 9.91. The number of aromatic nitrogens is 2. The molecule has 0 atom stereocenters. The predicted octanol–water partition coefficient (Wildman–Crippen LogP) is -4.06. The minimum atomic E-state index is -0.707. The molecule has 0 aromatic carbocycles. The zero-order chi connectivity index (χ0) is 20.9. The van der Waals surface area contributed by atoms with Crippen LogP contribution in [-0.4, -0.2) is 11.8 Å². The highest BCUT2D eigenvalue weighted by Crippen LogP contribution is 2.22. The SMILES string of the molecule is CCC(CC)(C(N)=O)[n+]1ccc(-c2cc[n+](C(CC)(CC)C(N)=O)cc2)cc1.[Cl-].[Cl-]. The Morgan fingerprint density at radius 2 is 0.900 bits per heavy atom. The van der Waals surface area contributed by atoms with Crippen LogP contribution in [0.5, 0.6) is 0 Å². The van der Waals surface area contributed by atoms with Gasteiger partial charge in [0.05, 0.1) is 0 Å². The van der Waals surface area contributed by atoms with E-state index < -0.39 is 11.1 Å². The van der Waals surface area contributed by atoms with E-state index in [-0.39, 0.29) is 36.6 Å². The van der Waals surface area contributed by atoms with Gasteiger partial charge in [-0.1, -0.05) is 27.7 Å². The summed E-state index contributed by atoms with van der Waals surface area (Å²) in [6.45, 7) is 7.88. The van der Waals surface area contributed by atoms with E-state index in [1.807, 2.05) is 85.9 Å². The molecule has 0 saturated heterocycles. The lowest BCUT2D eigenvalue weighted by Crippen LogP contribution is -3.00. The molecule has 0 fully saturated rings. The first-order valence-electron chi connectivity index (χ1n) is 9.95. The molecule has 8 heteroatoms. The summed E-state index contributed by atoms with van der Waals surface area (Å²) in [6.07, 6.45) is 10.2. The largest absolute Gasteiger partial charge is 1.00 e. The fraction of sp³-hybridized carbons (Fsp3) is 0.455. The zero-order valence-corrected chi connectivity index (χ0v) is 19.6. The molecule has 2 rings (SSSR count). The summed E-state index contributed by atoms with van der Waals surface area (Å²) >= 11 is 0. The summed E-state index contributed by atoms with van der Waals surface area (Å²) in [5.41, 5.74) is 12.0. The highest BCUT2D eigenvalue weighted by molar-refractivity contribution is 5.81. The Bertz CT molecular complexity index is 760. The number of halogens is 2. The van der Waals surface area contributed by atoms with Gasteiger partial charge in [-0.15, -0.1) is 0 Å². The maximum Gasteiger partial charge on any atom is 0.289 e. The number of amides is 2. The minimum absolute atomic E-state index is 0. The van der Waals surface area contributed by atoms with Crippen molar-refractivity contribution in [3.8, 4) is 11.1 Å². The molecule has 6 nitrogen and oxygen atoms in total. The molecule has 0 unspecified atom stereocenters. The van der Waals surface area contributed by atoms with Gasteiger partial charge in [0, 0.05) is 49.9 Å². The van der Waals surface area contributed by atoms with Crippen LogP contribution in [0.25, 0.3) is 11.1 Å². The number of rotatable bonds is 9. The molecule has 4 N–H and O–H groups in total. The number of carbonyl (C=O) groups is 2. The van der Waals surface area contributed by atoms with E-state index in [2.05, 4.69) is 0 Å². The van der Waals surface area contributed by atoms with Crippen LogP contribution in [0, 0.1) is 0 Å². The van der Waals surface area contributed by atoms with E-state index in [9.17, 15) is 9.59 Å². The van der Waals surface area contributed by atoms with Gasteiger partial charge in [-0.05, 0) is 11.1 Å². The van der Waals surface area contributed by atoms with Crippen LogP contribution in [0.15, 0.2) is 49.1 Å². The zero-order valence-electron chi connectivity index (χ0n) is 18.1. The van der Waals surface area contributed by atoms with Crippen LogP contribution in [-0.2, 0) is 20.7 Å². The molecule has 2 amide bonds. The van der Waals surface area contributed by atoms with Crippen molar-refractivity contribution in [3.63, 3.8) is 0 Å². The Hall–Kier alpha value is -2.18. The Balaban J connectivity index is 0.00000420. The fourth-order valence-corrected chi connectivity index (χ4v) is 3.99. The number of carbonyl (C=O) groups excluding carboxylic acids is 2. The highest BCUT2D eigenvalue weighted by atomic mass is 35.5. The average molecular weight is 455 g/mol. The molecule has 0 radical (unpaired) electrons. The number of pyridine rings is 2. The van der Waals surface area contributed by atoms with Crippen molar-refractivity contribution in [3.05, 3.63) is 49.1 Å². The van der Waals surface area contributed by atoms with Gasteiger partial charge in [-0.2, -0.15) is 9.13 Å². The van der Waals surface area contributed by atoms with E-state index in [4.69, 9.17) is 11.5 Å². The maximum absolute atomic E-state index is 12.0. The van der Waals surface area contributed by atoms with Crippen LogP contribution < -0.4 is 45.4 Å². The lowest BCUT2D eigenvalue weighted by Gasteiger charge is -2.22. The number of hydrogen-bond acceptors (Lipinski definition) is 2. The van der Waals surface area contributed by atoms with Crippen molar-refractivity contribution in [2.75, 3.05) is 0 Å². The van der Waals surface area contributed by atoms with Crippen molar-refractivity contribution in [2.45, 2.75) is 64.5 Å². The first-order chi connectivity index (χ1) is 13.3. The molecule has 30 heavy (non-hydrogen) atoms. The van der Waals surface area contributed by atoms with Gasteiger partial charge in [0.25, 0.3) is 11.8 Å². The van der Waals surface area contributed by atoms with Crippen molar-refractivity contribution in [2.24, 2.45) is 11.5 Å². The first kappa shape index (κ1) is 27.8. The number of nitrogens with zero attached hydrogens (tertiary/aromatic N) is 2. The quantitative estimate of drug-likeness (QED) is 0.377. The van der Waals surface area contributed by atoms with Crippen LogP contribution >= 0.6 is 0 Å². The minimum Gasteiger partial charge on any atom is -1.00 e. The molecule has 0 aliphatic rings. The molecule has 0 bridgehead atoms. The third kappa shape index (κ3) is 4.76. The number of hydrogen-bond donors (Lipinski definition) is 2. The molecule has 0 aliphatic carbocycles. The predicted molar refractivity (Wildman–Crippen MR) is 108 cm³/mol. The monoisotopic (exact) mass is 454 g/mol. The van der Waals surface area contributed by atoms with Gasteiger partial charge in [-0.25, -0.2) is 0 Å². The Morgan fingerprint density at radius 3 is 1.07 bits per heavy atom. The van der Waals surface area contributed by atoms with E-state index in [1.54, 1.807) is 0 Å². The van der Waals surface area contributed by atoms with Crippen LogP contribution in [0.3, 0.4) is 0 Å². The van der Waals surface area contributed by atoms with Gasteiger partial charge >= 0.3 is 0 Å². The van der Waals surface area contributed by atoms with Crippen LogP contribution in [0.1, 0.15) is 53.4 Å². The van der Waals surface area contributed by atoms with Crippen LogP contribution in [0.4, 0.5) is 0 Å². The molecular weight excluding hydrogens is 423 g/mol. The van der Waals surface area contributed by atoms with Gasteiger partial charge in [0.15, 0.2) is 24.8 Å². The molecule has 0 aliphatic heterocycles. The second-order valence-electron chi connectivity index (χ2n) is 7.19. The standard InChI is InChI=1S/C22H30N4O2.2ClH/c1-5-21(6-2,19(23)27)25-13-9-17(10-14-25)18-11-15-26(16-12-18)22(7-3,8-4)20(24)28;;/h9-16H,5-8H2,1-4H3,(H2-2,23,24,27,28);2*1H. The molecule has 2 aromatic heterocycles. The van der Waals surface area contributed by atoms with Gasteiger partial charge in [0.2, 0.25) is 11.1 Å².